The normalized spacial score (nSPS) is 9.94. The molecule has 5 heteroatoms. The summed E-state index contributed by atoms with van der Waals surface area (Å²) in [5, 5.41) is 3.00. The highest BCUT2D eigenvalue weighted by Crippen LogP contribution is 2.24. The zero-order chi connectivity index (χ0) is 13.4. The lowest BCUT2D eigenvalue weighted by Crippen LogP contribution is -2.25. The molecule has 0 aliphatic heterocycles. The molecule has 0 bridgehead atoms. The van der Waals surface area contributed by atoms with Gasteiger partial charge in [0.2, 0.25) is 0 Å². The van der Waals surface area contributed by atoms with Crippen molar-refractivity contribution in [3.05, 3.63) is 23.8 Å². The zero-order valence-electron chi connectivity index (χ0n) is 11.0. The summed E-state index contributed by atoms with van der Waals surface area (Å²) < 4.78 is 14.9. The van der Waals surface area contributed by atoms with Gasteiger partial charge in [0.25, 0.3) is 0 Å². The predicted octanol–water partition coefficient (Wildman–Crippen LogP) is 1.01. The minimum Gasteiger partial charge on any atom is -0.497 e. The van der Waals surface area contributed by atoms with Crippen LogP contribution >= 0.6 is 0 Å². The minimum atomic E-state index is -0.267. The lowest BCUT2D eigenvalue weighted by molar-refractivity contribution is -0.139. The third kappa shape index (κ3) is 4.25. The van der Waals surface area contributed by atoms with E-state index in [9.17, 15) is 4.79 Å². The van der Waals surface area contributed by atoms with Gasteiger partial charge in [-0.25, -0.2) is 0 Å². The molecule has 1 aromatic rings. The maximum absolute atomic E-state index is 10.9. The summed E-state index contributed by atoms with van der Waals surface area (Å²) in [6.07, 6.45) is 0.768. The van der Waals surface area contributed by atoms with Crippen LogP contribution in [-0.2, 0) is 16.0 Å². The van der Waals surface area contributed by atoms with Gasteiger partial charge in [0.05, 0.1) is 27.9 Å². The standard InChI is InChI=1S/C13H19NO4/c1-16-11-5-4-10(12(8-11)17-2)6-7-14-9-13(15)18-3/h4-5,8,14H,6-7,9H2,1-3H3. The molecular weight excluding hydrogens is 234 g/mol. The maximum atomic E-state index is 10.9. The number of carbonyl (C=O) groups is 1. The summed E-state index contributed by atoms with van der Waals surface area (Å²) in [4.78, 5) is 10.9. The van der Waals surface area contributed by atoms with Crippen molar-refractivity contribution in [3.63, 3.8) is 0 Å². The number of benzene rings is 1. The Hall–Kier alpha value is -1.75. The van der Waals surface area contributed by atoms with E-state index in [0.29, 0.717) is 6.54 Å². The van der Waals surface area contributed by atoms with Gasteiger partial charge in [-0.05, 0) is 24.6 Å². The molecule has 0 atom stereocenters. The smallest absolute Gasteiger partial charge is 0.319 e. The first-order valence-electron chi connectivity index (χ1n) is 5.69. The molecule has 5 nitrogen and oxygen atoms in total. The quantitative estimate of drug-likeness (QED) is 0.580. The molecule has 0 saturated heterocycles. The van der Waals surface area contributed by atoms with Crippen molar-refractivity contribution >= 4 is 5.97 Å². The van der Waals surface area contributed by atoms with E-state index in [1.165, 1.54) is 7.11 Å². The van der Waals surface area contributed by atoms with Gasteiger partial charge in [-0.15, -0.1) is 0 Å². The molecule has 0 radical (unpaired) electrons. The largest absolute Gasteiger partial charge is 0.497 e. The van der Waals surface area contributed by atoms with E-state index in [0.717, 1.165) is 23.5 Å². The molecule has 0 amide bonds. The second kappa shape index (κ2) is 7.55. The second-order valence-electron chi connectivity index (χ2n) is 3.68. The van der Waals surface area contributed by atoms with Crippen molar-refractivity contribution in [2.24, 2.45) is 0 Å². The first kappa shape index (κ1) is 14.3. The number of hydrogen-bond acceptors (Lipinski definition) is 5. The van der Waals surface area contributed by atoms with E-state index in [4.69, 9.17) is 9.47 Å². The molecule has 1 aromatic carbocycles. The SMILES string of the molecule is COC(=O)CNCCc1ccc(OC)cc1OC. The minimum absolute atomic E-state index is 0.217. The van der Waals surface area contributed by atoms with E-state index in [1.54, 1.807) is 14.2 Å². The van der Waals surface area contributed by atoms with Gasteiger partial charge < -0.3 is 19.5 Å². The number of methoxy groups -OCH3 is 3. The molecule has 0 aliphatic carbocycles. The molecule has 1 N–H and O–H groups in total. The molecule has 18 heavy (non-hydrogen) atoms. The third-order valence-electron chi connectivity index (χ3n) is 2.56. The van der Waals surface area contributed by atoms with Gasteiger partial charge in [-0.1, -0.05) is 6.07 Å². The third-order valence-corrected chi connectivity index (χ3v) is 2.56. The fourth-order valence-corrected chi connectivity index (χ4v) is 1.54. The fraction of sp³-hybridized carbons (Fsp3) is 0.462. The van der Waals surface area contributed by atoms with Gasteiger partial charge in [0.15, 0.2) is 0 Å². The summed E-state index contributed by atoms with van der Waals surface area (Å²) in [5.41, 5.74) is 1.07. The van der Waals surface area contributed by atoms with Crippen LogP contribution < -0.4 is 14.8 Å². The van der Waals surface area contributed by atoms with Crippen LogP contribution in [0.5, 0.6) is 11.5 Å². The van der Waals surface area contributed by atoms with Gasteiger partial charge >= 0.3 is 5.97 Å². The highest BCUT2D eigenvalue weighted by atomic mass is 16.5. The van der Waals surface area contributed by atoms with Crippen molar-refractivity contribution in [1.29, 1.82) is 0 Å². The van der Waals surface area contributed by atoms with Crippen molar-refractivity contribution < 1.29 is 19.0 Å². The Morgan fingerprint density at radius 3 is 2.61 bits per heavy atom. The summed E-state index contributed by atoms with van der Waals surface area (Å²) in [7, 11) is 4.61. The average molecular weight is 253 g/mol. The van der Waals surface area contributed by atoms with Crippen molar-refractivity contribution in [3.8, 4) is 11.5 Å². The number of rotatable bonds is 7. The molecule has 0 saturated carbocycles. The van der Waals surface area contributed by atoms with E-state index < -0.39 is 0 Å². The fourth-order valence-electron chi connectivity index (χ4n) is 1.54. The monoisotopic (exact) mass is 253 g/mol. The number of esters is 1. The molecule has 0 aliphatic rings. The van der Waals surface area contributed by atoms with E-state index in [-0.39, 0.29) is 12.5 Å². The molecule has 0 aromatic heterocycles. The summed E-state index contributed by atoms with van der Waals surface area (Å²) in [6.45, 7) is 0.896. The summed E-state index contributed by atoms with van der Waals surface area (Å²) in [6, 6.07) is 5.69. The van der Waals surface area contributed by atoms with Gasteiger partial charge in [0, 0.05) is 6.07 Å². The number of carbonyl (C=O) groups excluding carboxylic acids is 1. The Balaban J connectivity index is 2.49. The van der Waals surface area contributed by atoms with E-state index in [1.807, 2.05) is 18.2 Å². The molecule has 1 rings (SSSR count). The van der Waals surface area contributed by atoms with Gasteiger partial charge in [0.1, 0.15) is 11.5 Å². The van der Waals surface area contributed by atoms with Crippen LogP contribution in [0, 0.1) is 0 Å². The van der Waals surface area contributed by atoms with Crippen molar-refractivity contribution in [1.82, 2.24) is 5.32 Å². The number of ether oxygens (including phenoxy) is 3. The zero-order valence-corrected chi connectivity index (χ0v) is 11.0. The molecule has 0 unspecified atom stereocenters. The van der Waals surface area contributed by atoms with Crippen LogP contribution in [0.15, 0.2) is 18.2 Å². The first-order chi connectivity index (χ1) is 8.71. The van der Waals surface area contributed by atoms with Gasteiger partial charge in [-0.2, -0.15) is 0 Å². The first-order valence-corrected chi connectivity index (χ1v) is 5.69. The van der Waals surface area contributed by atoms with E-state index >= 15 is 0 Å². The van der Waals surface area contributed by atoms with Crippen LogP contribution in [0.1, 0.15) is 5.56 Å². The Bertz CT molecular complexity index is 393. The van der Waals surface area contributed by atoms with Crippen LogP contribution in [0.25, 0.3) is 0 Å². The lowest BCUT2D eigenvalue weighted by atomic mass is 10.1. The Morgan fingerprint density at radius 1 is 1.22 bits per heavy atom. The summed E-state index contributed by atoms with van der Waals surface area (Å²) in [5.74, 6) is 1.28. The van der Waals surface area contributed by atoms with Crippen molar-refractivity contribution in [2.75, 3.05) is 34.4 Å². The van der Waals surface area contributed by atoms with Crippen LogP contribution in [-0.4, -0.2) is 40.4 Å². The lowest BCUT2D eigenvalue weighted by Gasteiger charge is -2.10. The Morgan fingerprint density at radius 2 is 2.00 bits per heavy atom. The van der Waals surface area contributed by atoms with Crippen LogP contribution in [0.4, 0.5) is 0 Å². The second-order valence-corrected chi connectivity index (χ2v) is 3.68. The molecule has 0 heterocycles. The van der Waals surface area contributed by atoms with E-state index in [2.05, 4.69) is 10.1 Å². The molecule has 100 valence electrons. The number of hydrogen-bond donors (Lipinski definition) is 1. The molecular formula is C13H19NO4. The van der Waals surface area contributed by atoms with Crippen LogP contribution in [0.2, 0.25) is 0 Å². The summed E-state index contributed by atoms with van der Waals surface area (Å²) >= 11 is 0. The average Bonchev–Trinajstić information content (AvgIpc) is 2.43. The highest BCUT2D eigenvalue weighted by Gasteiger charge is 2.05. The van der Waals surface area contributed by atoms with Crippen LogP contribution in [0.3, 0.4) is 0 Å². The molecule has 0 fully saturated rings. The molecule has 0 spiro atoms. The Kier molecular flexibility index (Phi) is 6.00. The topological polar surface area (TPSA) is 56.8 Å². The Labute approximate surface area is 107 Å². The highest BCUT2D eigenvalue weighted by molar-refractivity contribution is 5.71. The number of nitrogens with one attached hydrogen (secondary N) is 1. The maximum Gasteiger partial charge on any atom is 0.319 e. The predicted molar refractivity (Wildman–Crippen MR) is 68.1 cm³/mol. The van der Waals surface area contributed by atoms with Crippen molar-refractivity contribution in [2.45, 2.75) is 6.42 Å². The van der Waals surface area contributed by atoms with Gasteiger partial charge in [-0.3, -0.25) is 4.79 Å².